The molecule has 3 atom stereocenters. The summed E-state index contributed by atoms with van der Waals surface area (Å²) < 4.78 is 1.91. The minimum absolute atomic E-state index is 0.416. The van der Waals surface area contributed by atoms with Crippen molar-refractivity contribution in [2.75, 3.05) is 6.54 Å². The van der Waals surface area contributed by atoms with Gasteiger partial charge in [0.2, 0.25) is 0 Å². The van der Waals surface area contributed by atoms with Crippen molar-refractivity contribution in [2.45, 2.75) is 71.9 Å². The van der Waals surface area contributed by atoms with Crippen molar-refractivity contribution in [1.29, 1.82) is 0 Å². The number of pyridine rings is 1. The molecule has 8 nitrogen and oxygen atoms in total. The van der Waals surface area contributed by atoms with Gasteiger partial charge in [-0.1, -0.05) is 13.8 Å². The van der Waals surface area contributed by atoms with Crippen LogP contribution < -0.4 is 0 Å². The van der Waals surface area contributed by atoms with Crippen LogP contribution in [0.1, 0.15) is 71.3 Å². The summed E-state index contributed by atoms with van der Waals surface area (Å²) >= 11 is 1.99. The Hall–Kier alpha value is -3.04. The van der Waals surface area contributed by atoms with Gasteiger partial charge in [-0.05, 0) is 73.6 Å². The SMILES string of the molecule is Cc1c(-c2[nH]c3sc([C@@H]4C[C@@H]5C[C@H]4CN5Cc4cn[nH]n4)c(C)c3c2C(C)C)cn2ncnc2c1C. The van der Waals surface area contributed by atoms with Crippen molar-refractivity contribution >= 4 is 27.2 Å². The van der Waals surface area contributed by atoms with Crippen LogP contribution >= 0.6 is 11.3 Å². The lowest BCUT2D eigenvalue weighted by molar-refractivity contribution is 0.190. The predicted molar refractivity (Wildman–Crippen MR) is 143 cm³/mol. The zero-order chi connectivity index (χ0) is 24.7. The molecule has 2 fully saturated rings. The number of nitrogens with zero attached hydrogens (tertiary/aromatic N) is 6. The van der Waals surface area contributed by atoms with Gasteiger partial charge in [-0.3, -0.25) is 4.90 Å². The molecule has 0 aromatic carbocycles. The van der Waals surface area contributed by atoms with Crippen LogP contribution in [0.2, 0.25) is 0 Å². The van der Waals surface area contributed by atoms with E-state index in [-0.39, 0.29) is 0 Å². The smallest absolute Gasteiger partial charge is 0.158 e. The second-order valence-corrected chi connectivity index (χ2v) is 12.1. The summed E-state index contributed by atoms with van der Waals surface area (Å²) in [6, 6.07) is 0.650. The first kappa shape index (κ1) is 22.2. The van der Waals surface area contributed by atoms with Crippen LogP contribution in [0, 0.1) is 26.7 Å². The maximum atomic E-state index is 4.45. The van der Waals surface area contributed by atoms with Gasteiger partial charge in [-0.2, -0.15) is 20.5 Å². The van der Waals surface area contributed by atoms with Crippen LogP contribution in [0.25, 0.3) is 27.1 Å². The van der Waals surface area contributed by atoms with E-state index in [1.54, 1.807) is 11.2 Å². The number of aryl methyl sites for hydroxylation is 2. The molecule has 2 aliphatic rings. The number of aromatic nitrogens is 7. The fraction of sp³-hybridized carbons (Fsp3) is 0.481. The first-order chi connectivity index (χ1) is 17.4. The fourth-order valence-electron chi connectivity index (χ4n) is 6.92. The molecular weight excluding hydrogens is 468 g/mol. The van der Waals surface area contributed by atoms with Gasteiger partial charge in [-0.15, -0.1) is 11.3 Å². The highest BCUT2D eigenvalue weighted by Gasteiger charge is 2.46. The van der Waals surface area contributed by atoms with Crippen molar-refractivity contribution < 1.29 is 0 Å². The minimum atomic E-state index is 0.416. The highest BCUT2D eigenvalue weighted by molar-refractivity contribution is 7.19. The third kappa shape index (κ3) is 3.15. The van der Waals surface area contributed by atoms with E-state index in [1.165, 1.54) is 56.6 Å². The molecule has 5 aromatic rings. The van der Waals surface area contributed by atoms with Gasteiger partial charge in [0, 0.05) is 41.2 Å². The molecule has 186 valence electrons. The Labute approximate surface area is 214 Å². The second kappa shape index (κ2) is 7.98. The van der Waals surface area contributed by atoms with Crippen LogP contribution in [0.15, 0.2) is 18.7 Å². The van der Waals surface area contributed by atoms with E-state index in [9.17, 15) is 0 Å². The van der Waals surface area contributed by atoms with Gasteiger partial charge >= 0.3 is 0 Å². The van der Waals surface area contributed by atoms with Crippen molar-refractivity contribution in [3.05, 3.63) is 51.5 Å². The van der Waals surface area contributed by atoms with Crippen molar-refractivity contribution in [1.82, 2.24) is 39.9 Å². The highest BCUT2D eigenvalue weighted by atomic mass is 32.1. The molecular formula is C27H32N8S. The molecule has 0 radical (unpaired) electrons. The average molecular weight is 501 g/mol. The molecule has 2 N–H and O–H groups in total. The summed E-state index contributed by atoms with van der Waals surface area (Å²) in [6.07, 6.45) is 8.18. The normalized spacial score (nSPS) is 22.2. The lowest BCUT2D eigenvalue weighted by Gasteiger charge is -2.30. The Morgan fingerprint density at radius 2 is 2.00 bits per heavy atom. The number of fused-ring (bicyclic) bond motifs is 4. The van der Waals surface area contributed by atoms with E-state index in [2.05, 4.69) is 76.2 Å². The number of rotatable bonds is 5. The molecule has 36 heavy (non-hydrogen) atoms. The number of hydrogen-bond donors (Lipinski definition) is 2. The summed E-state index contributed by atoms with van der Waals surface area (Å²) in [7, 11) is 0. The quantitative estimate of drug-likeness (QED) is 0.333. The molecule has 5 aromatic heterocycles. The Kier molecular flexibility index (Phi) is 4.92. The highest BCUT2D eigenvalue weighted by Crippen LogP contribution is 2.53. The Balaban J connectivity index is 1.26. The average Bonchev–Trinajstić information content (AvgIpc) is 3.67. The molecule has 6 heterocycles. The lowest BCUT2D eigenvalue weighted by atomic mass is 9.88. The molecule has 1 aliphatic heterocycles. The molecule has 1 saturated carbocycles. The van der Waals surface area contributed by atoms with Crippen LogP contribution in [0.4, 0.5) is 0 Å². The first-order valence-corrected chi connectivity index (χ1v) is 13.8. The maximum Gasteiger partial charge on any atom is 0.158 e. The Morgan fingerprint density at radius 3 is 2.72 bits per heavy atom. The van der Waals surface area contributed by atoms with Gasteiger partial charge < -0.3 is 4.98 Å². The summed E-state index contributed by atoms with van der Waals surface area (Å²) in [5.74, 6) is 1.80. The maximum absolute atomic E-state index is 4.45. The standard InChI is InChI=1S/C27H32N8S/c1-13(2)22-23-16(5)25(20-7-19-6-17(20)9-34(19)10-18-8-29-33-32-18)36-27(23)31-24(22)21-11-35-26(28-12-30-35)15(4)14(21)3/h8,11-13,17,19-20,31H,6-7,9-10H2,1-5H3,(H,29,32,33)/t17-,19-,20+/m0/s1. The number of hydrogen-bond acceptors (Lipinski definition) is 6. The molecule has 0 amide bonds. The zero-order valence-corrected chi connectivity index (χ0v) is 22.3. The Morgan fingerprint density at radius 1 is 1.14 bits per heavy atom. The molecule has 1 aliphatic carbocycles. The van der Waals surface area contributed by atoms with Gasteiger partial charge in [0.25, 0.3) is 0 Å². The number of thiophene rings is 1. The van der Waals surface area contributed by atoms with E-state index in [4.69, 9.17) is 0 Å². The van der Waals surface area contributed by atoms with Crippen LogP contribution in [0.3, 0.4) is 0 Å². The number of nitrogens with one attached hydrogen (secondary N) is 2. The summed E-state index contributed by atoms with van der Waals surface area (Å²) in [5, 5.41) is 16.9. The molecule has 9 heteroatoms. The molecule has 2 bridgehead atoms. The van der Waals surface area contributed by atoms with E-state index in [1.807, 2.05) is 22.0 Å². The predicted octanol–water partition coefficient (Wildman–Crippen LogP) is 5.48. The fourth-order valence-corrected chi connectivity index (χ4v) is 8.35. The minimum Gasteiger partial charge on any atom is -0.346 e. The van der Waals surface area contributed by atoms with Gasteiger partial charge in [0.1, 0.15) is 11.2 Å². The van der Waals surface area contributed by atoms with Gasteiger partial charge in [0.15, 0.2) is 5.65 Å². The van der Waals surface area contributed by atoms with Crippen LogP contribution in [-0.2, 0) is 6.54 Å². The van der Waals surface area contributed by atoms with E-state index < -0.39 is 0 Å². The first-order valence-electron chi connectivity index (χ1n) is 12.9. The third-order valence-corrected chi connectivity index (χ3v) is 10.1. The second-order valence-electron chi connectivity index (χ2n) is 11.1. The number of likely N-dealkylation sites (tertiary alicyclic amines) is 1. The topological polar surface area (TPSA) is 90.8 Å². The van der Waals surface area contributed by atoms with E-state index in [0.29, 0.717) is 17.9 Å². The van der Waals surface area contributed by atoms with Crippen molar-refractivity contribution in [3.8, 4) is 11.3 Å². The molecule has 7 rings (SSSR count). The number of H-pyrrole nitrogens is 2. The molecule has 0 unspecified atom stereocenters. The summed E-state index contributed by atoms with van der Waals surface area (Å²) in [4.78, 5) is 13.9. The molecule has 0 spiro atoms. The van der Waals surface area contributed by atoms with E-state index >= 15 is 0 Å². The zero-order valence-electron chi connectivity index (χ0n) is 21.5. The van der Waals surface area contributed by atoms with Crippen LogP contribution in [-0.4, -0.2) is 52.5 Å². The van der Waals surface area contributed by atoms with Crippen molar-refractivity contribution in [3.63, 3.8) is 0 Å². The lowest BCUT2D eigenvalue weighted by Crippen LogP contribution is -2.34. The number of piperidine rings is 1. The Bertz CT molecular complexity index is 1590. The molecule has 1 saturated heterocycles. The van der Waals surface area contributed by atoms with Gasteiger partial charge in [0.05, 0.1) is 17.6 Å². The third-order valence-electron chi connectivity index (χ3n) is 8.76. The van der Waals surface area contributed by atoms with Crippen molar-refractivity contribution in [2.24, 2.45) is 5.92 Å². The summed E-state index contributed by atoms with van der Waals surface area (Å²) in [6.45, 7) is 13.4. The largest absolute Gasteiger partial charge is 0.346 e. The van der Waals surface area contributed by atoms with E-state index in [0.717, 1.165) is 30.3 Å². The monoisotopic (exact) mass is 500 g/mol. The number of aromatic amines is 2. The van der Waals surface area contributed by atoms with Gasteiger partial charge in [-0.25, -0.2) is 9.50 Å². The summed E-state index contributed by atoms with van der Waals surface area (Å²) in [5.41, 5.74) is 9.82. The van der Waals surface area contributed by atoms with Crippen LogP contribution in [0.5, 0.6) is 0 Å².